The van der Waals surface area contributed by atoms with Gasteiger partial charge in [-0.15, -0.1) is 0 Å². The van der Waals surface area contributed by atoms with E-state index in [2.05, 4.69) is 15.3 Å². The molecule has 0 spiro atoms. The number of carbonyl (C=O) groups excluding carboxylic acids is 1. The monoisotopic (exact) mass is 424 g/mol. The second-order valence-electron chi connectivity index (χ2n) is 7.27. The van der Waals surface area contributed by atoms with Crippen LogP contribution < -0.4 is 10.1 Å². The lowest BCUT2D eigenvalue weighted by atomic mass is 10.1. The molecule has 0 bridgehead atoms. The summed E-state index contributed by atoms with van der Waals surface area (Å²) in [6.45, 7) is 1.07. The summed E-state index contributed by atoms with van der Waals surface area (Å²) in [6.07, 6.45) is 0.378. The van der Waals surface area contributed by atoms with E-state index in [9.17, 15) is 14.3 Å². The molecule has 0 fully saturated rings. The van der Waals surface area contributed by atoms with Crippen molar-refractivity contribution in [3.8, 4) is 11.6 Å². The molecule has 3 aromatic rings. The standard InChI is InChI=1S/C23H25FN4O3/c1-28(2)12-13-31-23-21(29)20(22(30)25-15-17-8-10-18(24)11-9-17)26-19(27-23)14-16-6-4-3-5-7-16/h3-11,29H,12-15H2,1-2H3,(H,25,30). The number of aromatic hydroxyl groups is 1. The number of amides is 1. The van der Waals surface area contributed by atoms with Gasteiger partial charge >= 0.3 is 0 Å². The number of likely N-dealkylation sites (N-methyl/N-ethyl adjacent to an activating group) is 1. The lowest BCUT2D eigenvalue weighted by molar-refractivity contribution is 0.0941. The maximum Gasteiger partial charge on any atom is 0.274 e. The SMILES string of the molecule is CN(C)CCOc1nc(Cc2ccccc2)nc(C(=O)NCc2ccc(F)cc2)c1O. The van der Waals surface area contributed by atoms with Crippen LogP contribution in [0, 0.1) is 5.82 Å². The predicted octanol–water partition coefficient (Wildman–Crippen LogP) is 2.78. The topological polar surface area (TPSA) is 87.6 Å². The normalized spacial score (nSPS) is 10.8. The van der Waals surface area contributed by atoms with Crippen molar-refractivity contribution in [2.45, 2.75) is 13.0 Å². The van der Waals surface area contributed by atoms with Gasteiger partial charge in [-0.25, -0.2) is 9.37 Å². The quantitative estimate of drug-likeness (QED) is 0.549. The lowest BCUT2D eigenvalue weighted by Crippen LogP contribution is -2.25. The van der Waals surface area contributed by atoms with Crippen molar-refractivity contribution >= 4 is 5.91 Å². The van der Waals surface area contributed by atoms with Gasteiger partial charge in [0.15, 0.2) is 5.69 Å². The van der Waals surface area contributed by atoms with Gasteiger partial charge in [-0.3, -0.25) is 4.79 Å². The zero-order valence-electron chi connectivity index (χ0n) is 17.5. The maximum atomic E-state index is 13.1. The smallest absolute Gasteiger partial charge is 0.274 e. The molecule has 2 N–H and O–H groups in total. The fourth-order valence-corrected chi connectivity index (χ4v) is 2.79. The highest BCUT2D eigenvalue weighted by Gasteiger charge is 2.21. The fraction of sp³-hybridized carbons (Fsp3) is 0.261. The Bertz CT molecular complexity index is 1010. The van der Waals surface area contributed by atoms with Gasteiger partial charge in [0, 0.05) is 19.5 Å². The molecule has 3 rings (SSSR count). The molecule has 162 valence electrons. The number of ether oxygens (including phenoxy) is 1. The number of rotatable bonds is 9. The van der Waals surface area contributed by atoms with Crippen LogP contribution in [-0.2, 0) is 13.0 Å². The maximum absolute atomic E-state index is 13.1. The number of aromatic nitrogens is 2. The molecule has 1 aromatic heterocycles. The summed E-state index contributed by atoms with van der Waals surface area (Å²) in [5.74, 6) is -1.01. The van der Waals surface area contributed by atoms with E-state index in [1.807, 2.05) is 49.3 Å². The van der Waals surface area contributed by atoms with Gasteiger partial charge in [0.25, 0.3) is 11.8 Å². The third-order valence-corrected chi connectivity index (χ3v) is 4.46. The molecule has 0 saturated heterocycles. The Kier molecular flexibility index (Phi) is 7.50. The van der Waals surface area contributed by atoms with Crippen LogP contribution in [0.15, 0.2) is 54.6 Å². The number of benzene rings is 2. The Balaban J connectivity index is 1.82. The molecule has 2 aromatic carbocycles. The molecular formula is C23H25FN4O3. The summed E-state index contributed by atoms with van der Waals surface area (Å²) in [5.41, 5.74) is 1.52. The van der Waals surface area contributed by atoms with Crippen molar-refractivity contribution < 1.29 is 19.0 Å². The second kappa shape index (κ2) is 10.5. The lowest BCUT2D eigenvalue weighted by Gasteiger charge is -2.14. The van der Waals surface area contributed by atoms with E-state index in [1.165, 1.54) is 12.1 Å². The van der Waals surface area contributed by atoms with Gasteiger partial charge in [0.05, 0.1) is 0 Å². The van der Waals surface area contributed by atoms with Crippen LogP contribution in [-0.4, -0.2) is 53.1 Å². The first-order valence-corrected chi connectivity index (χ1v) is 9.86. The largest absolute Gasteiger partial charge is 0.501 e. The summed E-state index contributed by atoms with van der Waals surface area (Å²) in [6, 6.07) is 15.4. The van der Waals surface area contributed by atoms with Crippen molar-refractivity contribution in [1.82, 2.24) is 20.2 Å². The highest BCUT2D eigenvalue weighted by molar-refractivity contribution is 5.95. The third kappa shape index (κ3) is 6.48. The van der Waals surface area contributed by atoms with E-state index in [0.717, 1.165) is 11.1 Å². The summed E-state index contributed by atoms with van der Waals surface area (Å²) >= 11 is 0. The second-order valence-corrected chi connectivity index (χ2v) is 7.27. The molecule has 0 aliphatic carbocycles. The molecule has 0 saturated carbocycles. The van der Waals surface area contributed by atoms with Crippen molar-refractivity contribution in [2.24, 2.45) is 0 Å². The molecule has 1 heterocycles. The molecule has 0 atom stereocenters. The molecule has 0 unspecified atom stereocenters. The van der Waals surface area contributed by atoms with E-state index < -0.39 is 11.7 Å². The Morgan fingerprint density at radius 3 is 2.45 bits per heavy atom. The molecule has 0 radical (unpaired) electrons. The van der Waals surface area contributed by atoms with Crippen LogP contribution in [0.1, 0.15) is 27.4 Å². The molecule has 0 aliphatic rings. The highest BCUT2D eigenvalue weighted by Crippen LogP contribution is 2.27. The molecule has 7 nitrogen and oxygen atoms in total. The highest BCUT2D eigenvalue weighted by atomic mass is 19.1. The number of hydrogen-bond acceptors (Lipinski definition) is 6. The zero-order chi connectivity index (χ0) is 22.2. The number of hydrogen-bond donors (Lipinski definition) is 2. The first kappa shape index (κ1) is 22.2. The first-order chi connectivity index (χ1) is 14.9. The van der Waals surface area contributed by atoms with Crippen LogP contribution in [0.25, 0.3) is 0 Å². The van der Waals surface area contributed by atoms with E-state index >= 15 is 0 Å². The Morgan fingerprint density at radius 2 is 1.77 bits per heavy atom. The van der Waals surface area contributed by atoms with Crippen LogP contribution in [0.2, 0.25) is 0 Å². The Hall–Kier alpha value is -3.52. The molecule has 8 heteroatoms. The van der Waals surface area contributed by atoms with E-state index in [0.29, 0.717) is 25.4 Å². The van der Waals surface area contributed by atoms with Gasteiger partial charge < -0.3 is 20.1 Å². The minimum absolute atomic E-state index is 0.0327. The molecule has 31 heavy (non-hydrogen) atoms. The first-order valence-electron chi connectivity index (χ1n) is 9.86. The summed E-state index contributed by atoms with van der Waals surface area (Å²) < 4.78 is 18.7. The molecule has 0 aliphatic heterocycles. The van der Waals surface area contributed by atoms with E-state index in [-0.39, 0.29) is 23.9 Å². The van der Waals surface area contributed by atoms with Gasteiger partial charge in [-0.2, -0.15) is 4.98 Å². The average Bonchev–Trinajstić information content (AvgIpc) is 2.75. The zero-order valence-corrected chi connectivity index (χ0v) is 17.5. The van der Waals surface area contributed by atoms with Crippen LogP contribution in [0.4, 0.5) is 4.39 Å². The Labute approximate surface area is 180 Å². The van der Waals surface area contributed by atoms with Crippen LogP contribution in [0.3, 0.4) is 0 Å². The Morgan fingerprint density at radius 1 is 1.06 bits per heavy atom. The summed E-state index contributed by atoms with van der Waals surface area (Å²) in [7, 11) is 3.80. The van der Waals surface area contributed by atoms with Gasteiger partial charge in [0.2, 0.25) is 5.75 Å². The fourth-order valence-electron chi connectivity index (χ4n) is 2.79. The molecule has 1 amide bonds. The average molecular weight is 424 g/mol. The van der Waals surface area contributed by atoms with Crippen LogP contribution in [0.5, 0.6) is 11.6 Å². The number of carbonyl (C=O) groups is 1. The van der Waals surface area contributed by atoms with Gasteiger partial charge in [-0.1, -0.05) is 42.5 Å². The van der Waals surface area contributed by atoms with Crippen molar-refractivity contribution in [1.29, 1.82) is 0 Å². The van der Waals surface area contributed by atoms with Crippen LogP contribution >= 0.6 is 0 Å². The summed E-state index contributed by atoms with van der Waals surface area (Å²) in [5, 5.41) is 13.3. The van der Waals surface area contributed by atoms with Gasteiger partial charge in [-0.05, 0) is 37.4 Å². The van der Waals surface area contributed by atoms with Crippen molar-refractivity contribution in [3.05, 3.63) is 83.1 Å². The number of nitrogens with one attached hydrogen (secondary N) is 1. The minimum Gasteiger partial charge on any atom is -0.501 e. The number of halogens is 1. The minimum atomic E-state index is -0.573. The van der Waals surface area contributed by atoms with Crippen molar-refractivity contribution in [3.63, 3.8) is 0 Å². The van der Waals surface area contributed by atoms with E-state index in [1.54, 1.807) is 12.1 Å². The van der Waals surface area contributed by atoms with E-state index in [4.69, 9.17) is 4.74 Å². The van der Waals surface area contributed by atoms with Crippen molar-refractivity contribution in [2.75, 3.05) is 27.2 Å². The van der Waals surface area contributed by atoms with Gasteiger partial charge in [0.1, 0.15) is 18.2 Å². The predicted molar refractivity (Wildman–Crippen MR) is 115 cm³/mol. The number of nitrogens with zero attached hydrogens (tertiary/aromatic N) is 3. The third-order valence-electron chi connectivity index (χ3n) is 4.46. The summed E-state index contributed by atoms with van der Waals surface area (Å²) in [4.78, 5) is 23.3. The molecular weight excluding hydrogens is 399 g/mol.